The van der Waals surface area contributed by atoms with E-state index in [9.17, 15) is 10.1 Å². The molecule has 1 fully saturated rings. The lowest BCUT2D eigenvalue weighted by Crippen LogP contribution is -2.29. The van der Waals surface area contributed by atoms with Gasteiger partial charge in [0.05, 0.1) is 18.8 Å². The Hall–Kier alpha value is -2.00. The van der Waals surface area contributed by atoms with Gasteiger partial charge in [-0.25, -0.2) is 5.01 Å². The zero-order chi connectivity index (χ0) is 13.1. The van der Waals surface area contributed by atoms with Crippen molar-refractivity contribution in [2.24, 2.45) is 5.10 Å². The molecule has 0 aliphatic carbocycles. The predicted molar refractivity (Wildman–Crippen MR) is 66.1 cm³/mol. The number of aliphatic hydroxyl groups is 1. The molecule has 2 rings (SSSR count). The number of rotatable bonds is 4. The third-order valence-electron chi connectivity index (χ3n) is 2.36. The first kappa shape index (κ1) is 12.5. The smallest absolute Gasteiger partial charge is 0.400 e. The van der Waals surface area contributed by atoms with Gasteiger partial charge < -0.3 is 14.4 Å². The highest BCUT2D eigenvalue weighted by Gasteiger charge is 2.23. The minimum absolute atomic E-state index is 0.156. The van der Waals surface area contributed by atoms with Crippen LogP contribution in [-0.4, -0.2) is 51.1 Å². The summed E-state index contributed by atoms with van der Waals surface area (Å²) in [5.41, 5.74) is 0. The van der Waals surface area contributed by atoms with Crippen LogP contribution in [-0.2, 0) is 0 Å². The first-order valence-corrected chi connectivity index (χ1v) is 5.48. The van der Waals surface area contributed by atoms with Crippen LogP contribution in [0.25, 0.3) is 0 Å². The molecule has 1 aromatic rings. The molecule has 0 spiro atoms. The van der Waals surface area contributed by atoms with Crippen molar-refractivity contribution in [3.63, 3.8) is 0 Å². The molecular weight excluding hydrogens is 260 g/mol. The summed E-state index contributed by atoms with van der Waals surface area (Å²) >= 11 is 5.06. The summed E-state index contributed by atoms with van der Waals surface area (Å²) in [5.74, 6) is -0.0654. The average molecular weight is 270 g/mol. The van der Waals surface area contributed by atoms with Gasteiger partial charge in [0.25, 0.3) is 0 Å². The fraction of sp³-hybridized carbons (Fsp3) is 0.333. The minimum atomic E-state index is -0.620. The maximum atomic E-state index is 10.4. The maximum absolute atomic E-state index is 10.4. The topological polar surface area (TPSA) is 95.4 Å². The van der Waals surface area contributed by atoms with Crippen molar-refractivity contribution < 1.29 is 14.4 Å². The molecule has 1 N–H and O–H groups in total. The summed E-state index contributed by atoms with van der Waals surface area (Å²) < 4.78 is 4.91. The number of nitro groups is 1. The summed E-state index contributed by atoms with van der Waals surface area (Å²) in [6.45, 7) is 0.987. The quantitative estimate of drug-likeness (QED) is 0.365. The molecule has 0 aromatic carbocycles. The van der Waals surface area contributed by atoms with E-state index in [0.29, 0.717) is 18.2 Å². The Balaban J connectivity index is 2.02. The fourth-order valence-corrected chi connectivity index (χ4v) is 1.73. The van der Waals surface area contributed by atoms with Gasteiger partial charge in [0, 0.05) is 6.54 Å². The molecule has 0 bridgehead atoms. The second-order valence-electron chi connectivity index (χ2n) is 3.49. The Morgan fingerprint density at radius 1 is 1.61 bits per heavy atom. The zero-order valence-corrected chi connectivity index (χ0v) is 10.0. The van der Waals surface area contributed by atoms with E-state index in [2.05, 4.69) is 5.10 Å². The molecule has 0 atom stereocenters. The van der Waals surface area contributed by atoms with Crippen LogP contribution in [0.3, 0.4) is 0 Å². The fourth-order valence-electron chi connectivity index (χ4n) is 1.44. The monoisotopic (exact) mass is 270 g/mol. The van der Waals surface area contributed by atoms with Gasteiger partial charge in [0.15, 0.2) is 10.9 Å². The lowest BCUT2D eigenvalue weighted by Gasteiger charge is -2.14. The third-order valence-corrected chi connectivity index (χ3v) is 2.83. The van der Waals surface area contributed by atoms with Crippen LogP contribution in [0.1, 0.15) is 5.76 Å². The summed E-state index contributed by atoms with van der Waals surface area (Å²) in [5, 5.41) is 25.3. The molecule has 0 unspecified atom stereocenters. The molecule has 0 saturated carbocycles. The van der Waals surface area contributed by atoms with Crippen LogP contribution in [0, 0.1) is 10.1 Å². The van der Waals surface area contributed by atoms with Crippen molar-refractivity contribution in [1.82, 2.24) is 9.91 Å². The van der Waals surface area contributed by atoms with Gasteiger partial charge in [-0.05, 0) is 18.3 Å². The van der Waals surface area contributed by atoms with Crippen molar-refractivity contribution in [1.29, 1.82) is 0 Å². The third kappa shape index (κ3) is 2.46. The molecule has 1 aromatic heterocycles. The van der Waals surface area contributed by atoms with Gasteiger partial charge >= 0.3 is 5.88 Å². The first-order chi connectivity index (χ1) is 8.61. The minimum Gasteiger partial charge on any atom is -0.400 e. The van der Waals surface area contributed by atoms with Crippen LogP contribution in [0.4, 0.5) is 5.88 Å². The van der Waals surface area contributed by atoms with E-state index >= 15 is 0 Å². The zero-order valence-electron chi connectivity index (χ0n) is 9.22. The highest BCUT2D eigenvalue weighted by Crippen LogP contribution is 2.14. The normalized spacial score (nSPS) is 15.9. The van der Waals surface area contributed by atoms with E-state index in [1.807, 2.05) is 0 Å². The summed E-state index contributed by atoms with van der Waals surface area (Å²) in [4.78, 5) is 11.4. The second-order valence-corrected chi connectivity index (χ2v) is 3.85. The molecule has 18 heavy (non-hydrogen) atoms. The van der Waals surface area contributed by atoms with E-state index in [1.165, 1.54) is 23.4 Å². The Labute approximate surface area is 107 Å². The van der Waals surface area contributed by atoms with Crippen molar-refractivity contribution >= 4 is 29.4 Å². The molecule has 2 heterocycles. The summed E-state index contributed by atoms with van der Waals surface area (Å²) in [6, 6.07) is 2.70. The molecule has 1 aliphatic rings. The van der Waals surface area contributed by atoms with Crippen molar-refractivity contribution in [3.8, 4) is 0 Å². The van der Waals surface area contributed by atoms with E-state index in [0.717, 1.165) is 0 Å². The molecule has 96 valence electrons. The standard InChI is InChI=1S/C9H10N4O4S/c14-6-11-3-4-12(9(11)18)10-5-7-1-2-8(17-7)13(15)16/h1-2,5,14H,3-4,6H2/b10-5+. The van der Waals surface area contributed by atoms with E-state index in [1.54, 1.807) is 4.90 Å². The van der Waals surface area contributed by atoms with Crippen molar-refractivity contribution in [2.45, 2.75) is 0 Å². The molecule has 9 heteroatoms. The lowest BCUT2D eigenvalue weighted by molar-refractivity contribution is -0.402. The Kier molecular flexibility index (Phi) is 3.53. The number of hydrazone groups is 1. The number of hydrogen-bond donors (Lipinski definition) is 1. The Morgan fingerprint density at radius 3 is 2.94 bits per heavy atom. The lowest BCUT2D eigenvalue weighted by atomic mass is 10.5. The maximum Gasteiger partial charge on any atom is 0.433 e. The SMILES string of the molecule is O=[N+]([O-])c1ccc(/C=N/N2CCN(CO)C2=S)o1. The Bertz CT molecular complexity index is 501. The number of thiocarbonyl (C=S) groups is 1. The highest BCUT2D eigenvalue weighted by molar-refractivity contribution is 7.80. The summed E-state index contributed by atoms with van der Waals surface area (Å²) in [6.07, 6.45) is 1.35. The van der Waals surface area contributed by atoms with E-state index in [4.69, 9.17) is 21.7 Å². The molecular formula is C9H10N4O4S. The van der Waals surface area contributed by atoms with Crippen molar-refractivity contribution in [2.75, 3.05) is 19.8 Å². The van der Waals surface area contributed by atoms with Gasteiger partial charge in [0.2, 0.25) is 0 Å². The van der Waals surface area contributed by atoms with Gasteiger partial charge in [-0.2, -0.15) is 5.10 Å². The van der Waals surface area contributed by atoms with Crippen LogP contribution in [0.15, 0.2) is 21.7 Å². The molecule has 0 radical (unpaired) electrons. The Morgan fingerprint density at radius 2 is 2.39 bits per heavy atom. The van der Waals surface area contributed by atoms with Gasteiger partial charge in [0.1, 0.15) is 11.7 Å². The number of aliphatic hydroxyl groups excluding tert-OH is 1. The molecule has 1 aliphatic heterocycles. The molecule has 1 saturated heterocycles. The van der Waals surface area contributed by atoms with Gasteiger partial charge in [-0.1, -0.05) is 0 Å². The van der Waals surface area contributed by atoms with Crippen LogP contribution < -0.4 is 0 Å². The molecule has 0 amide bonds. The van der Waals surface area contributed by atoms with Gasteiger partial charge in [-0.3, -0.25) is 10.1 Å². The number of hydrogen-bond acceptors (Lipinski definition) is 6. The van der Waals surface area contributed by atoms with Crippen LogP contribution in [0.2, 0.25) is 0 Å². The van der Waals surface area contributed by atoms with Crippen LogP contribution in [0.5, 0.6) is 0 Å². The largest absolute Gasteiger partial charge is 0.433 e. The number of furan rings is 1. The van der Waals surface area contributed by atoms with Crippen molar-refractivity contribution in [3.05, 3.63) is 28.0 Å². The van der Waals surface area contributed by atoms with E-state index in [-0.39, 0.29) is 18.4 Å². The molecule has 8 nitrogen and oxygen atoms in total. The van der Waals surface area contributed by atoms with Gasteiger partial charge in [-0.15, -0.1) is 0 Å². The second kappa shape index (κ2) is 5.10. The number of nitrogens with zero attached hydrogens (tertiary/aromatic N) is 4. The van der Waals surface area contributed by atoms with E-state index < -0.39 is 4.92 Å². The summed E-state index contributed by atoms with van der Waals surface area (Å²) in [7, 11) is 0. The van der Waals surface area contributed by atoms with Crippen LogP contribution >= 0.6 is 12.2 Å². The first-order valence-electron chi connectivity index (χ1n) is 5.07. The predicted octanol–water partition coefficient (Wildman–Crippen LogP) is 0.374. The average Bonchev–Trinajstić information content (AvgIpc) is 2.93. The highest BCUT2D eigenvalue weighted by atomic mass is 32.1.